The van der Waals surface area contributed by atoms with E-state index in [-0.39, 0.29) is 6.04 Å². The Bertz CT molecular complexity index is 511. The van der Waals surface area contributed by atoms with E-state index in [0.29, 0.717) is 0 Å². The van der Waals surface area contributed by atoms with Crippen molar-refractivity contribution in [2.45, 2.75) is 25.8 Å². The van der Waals surface area contributed by atoms with Gasteiger partial charge in [-0.1, -0.05) is 6.92 Å². The van der Waals surface area contributed by atoms with Crippen LogP contribution in [-0.2, 0) is 26.9 Å². The van der Waals surface area contributed by atoms with Gasteiger partial charge in [0.05, 0.1) is 11.7 Å². The second-order valence-corrected chi connectivity index (χ2v) is 4.55. The van der Waals surface area contributed by atoms with Gasteiger partial charge >= 0.3 is 0 Å². The number of nitrogens with zero attached hydrogens (tertiary/aromatic N) is 4. The first-order valence-electron chi connectivity index (χ1n) is 6.32. The quantitative estimate of drug-likeness (QED) is 0.864. The van der Waals surface area contributed by atoms with E-state index in [9.17, 15) is 0 Å². The molecule has 5 heteroatoms. The highest BCUT2D eigenvalue weighted by Crippen LogP contribution is 2.16. The molecule has 0 radical (unpaired) electrons. The third-order valence-corrected chi connectivity index (χ3v) is 3.32. The number of imidazole rings is 1. The first kappa shape index (κ1) is 12.8. The second-order valence-electron chi connectivity index (χ2n) is 4.55. The van der Waals surface area contributed by atoms with Crippen LogP contribution in [-0.4, -0.2) is 26.4 Å². The predicted molar refractivity (Wildman–Crippen MR) is 71.3 cm³/mol. The van der Waals surface area contributed by atoms with Crippen molar-refractivity contribution < 1.29 is 0 Å². The Kier molecular flexibility index (Phi) is 3.81. The van der Waals surface area contributed by atoms with E-state index >= 15 is 0 Å². The Labute approximate surface area is 108 Å². The highest BCUT2D eigenvalue weighted by atomic mass is 15.3. The van der Waals surface area contributed by atoms with Crippen LogP contribution < -0.4 is 5.32 Å². The normalized spacial score (nSPS) is 12.9. The van der Waals surface area contributed by atoms with Gasteiger partial charge < -0.3 is 9.88 Å². The summed E-state index contributed by atoms with van der Waals surface area (Å²) < 4.78 is 4.02. The SMILES string of the molecule is CCc1cc(CC(NC)c2nccn2C)n(C)n1. The van der Waals surface area contributed by atoms with Crippen molar-refractivity contribution in [3.8, 4) is 0 Å². The van der Waals surface area contributed by atoms with Crippen LogP contribution in [0.4, 0.5) is 0 Å². The first-order valence-corrected chi connectivity index (χ1v) is 6.32. The van der Waals surface area contributed by atoms with Crippen LogP contribution in [0.5, 0.6) is 0 Å². The number of aromatic nitrogens is 4. The van der Waals surface area contributed by atoms with E-state index in [2.05, 4.69) is 33.0 Å². The smallest absolute Gasteiger partial charge is 0.125 e. The molecule has 0 spiro atoms. The van der Waals surface area contributed by atoms with Gasteiger partial charge in [-0.3, -0.25) is 4.68 Å². The Morgan fingerprint density at radius 1 is 1.39 bits per heavy atom. The number of nitrogens with one attached hydrogen (secondary N) is 1. The second kappa shape index (κ2) is 5.35. The summed E-state index contributed by atoms with van der Waals surface area (Å²) >= 11 is 0. The Morgan fingerprint density at radius 2 is 2.17 bits per heavy atom. The van der Waals surface area contributed by atoms with Gasteiger partial charge in [0.2, 0.25) is 0 Å². The van der Waals surface area contributed by atoms with Crippen molar-refractivity contribution in [2.24, 2.45) is 14.1 Å². The van der Waals surface area contributed by atoms with Crippen molar-refractivity contribution >= 4 is 0 Å². The monoisotopic (exact) mass is 247 g/mol. The maximum absolute atomic E-state index is 4.48. The van der Waals surface area contributed by atoms with Gasteiger partial charge in [-0.25, -0.2) is 4.98 Å². The summed E-state index contributed by atoms with van der Waals surface area (Å²) in [5.41, 5.74) is 2.37. The zero-order valence-corrected chi connectivity index (χ0v) is 11.5. The Balaban J connectivity index is 2.20. The zero-order chi connectivity index (χ0) is 13.1. The molecule has 0 aliphatic heterocycles. The zero-order valence-electron chi connectivity index (χ0n) is 11.5. The van der Waals surface area contributed by atoms with Crippen molar-refractivity contribution in [2.75, 3.05) is 7.05 Å². The van der Waals surface area contributed by atoms with Crippen LogP contribution in [0, 0.1) is 0 Å². The molecule has 0 amide bonds. The van der Waals surface area contributed by atoms with Gasteiger partial charge in [0.25, 0.3) is 0 Å². The van der Waals surface area contributed by atoms with Crippen molar-refractivity contribution in [3.63, 3.8) is 0 Å². The van der Waals surface area contributed by atoms with E-state index in [1.165, 1.54) is 5.69 Å². The third kappa shape index (κ3) is 2.46. The topological polar surface area (TPSA) is 47.7 Å². The Hall–Kier alpha value is -1.62. The molecule has 1 N–H and O–H groups in total. The average molecular weight is 247 g/mol. The van der Waals surface area contributed by atoms with Gasteiger partial charge in [0, 0.05) is 38.6 Å². The van der Waals surface area contributed by atoms with Gasteiger partial charge in [-0.2, -0.15) is 5.10 Å². The Morgan fingerprint density at radius 3 is 2.67 bits per heavy atom. The molecule has 18 heavy (non-hydrogen) atoms. The first-order chi connectivity index (χ1) is 8.65. The molecule has 1 unspecified atom stereocenters. The van der Waals surface area contributed by atoms with Crippen LogP contribution >= 0.6 is 0 Å². The van der Waals surface area contributed by atoms with E-state index in [1.807, 2.05) is 38.2 Å². The largest absolute Gasteiger partial charge is 0.337 e. The van der Waals surface area contributed by atoms with E-state index in [1.54, 1.807) is 0 Å². The van der Waals surface area contributed by atoms with Gasteiger partial charge in [0.1, 0.15) is 5.82 Å². The van der Waals surface area contributed by atoms with Crippen LogP contribution in [0.25, 0.3) is 0 Å². The predicted octanol–water partition coefficient (Wildman–Crippen LogP) is 1.22. The fraction of sp³-hybridized carbons (Fsp3) is 0.538. The summed E-state index contributed by atoms with van der Waals surface area (Å²) in [6.45, 7) is 2.13. The van der Waals surface area contributed by atoms with Gasteiger partial charge in [0.15, 0.2) is 0 Å². The number of hydrogen-bond donors (Lipinski definition) is 1. The lowest BCUT2D eigenvalue weighted by Gasteiger charge is -2.15. The van der Waals surface area contributed by atoms with E-state index in [0.717, 1.165) is 24.4 Å². The van der Waals surface area contributed by atoms with Gasteiger partial charge in [-0.05, 0) is 19.5 Å². The maximum atomic E-state index is 4.48. The molecule has 2 rings (SSSR count). The lowest BCUT2D eigenvalue weighted by atomic mass is 10.1. The third-order valence-electron chi connectivity index (χ3n) is 3.32. The fourth-order valence-electron chi connectivity index (χ4n) is 2.18. The molecule has 0 saturated heterocycles. The number of aryl methyl sites for hydroxylation is 3. The summed E-state index contributed by atoms with van der Waals surface area (Å²) in [4.78, 5) is 4.41. The number of rotatable bonds is 5. The van der Waals surface area contributed by atoms with Crippen molar-refractivity contribution in [1.29, 1.82) is 0 Å². The molecule has 0 bridgehead atoms. The van der Waals surface area contributed by atoms with Crippen molar-refractivity contribution in [3.05, 3.63) is 35.7 Å². The summed E-state index contributed by atoms with van der Waals surface area (Å²) in [6.07, 6.45) is 5.67. The number of hydrogen-bond acceptors (Lipinski definition) is 3. The molecule has 0 saturated carbocycles. The van der Waals surface area contributed by atoms with Crippen LogP contribution in [0.2, 0.25) is 0 Å². The summed E-state index contributed by atoms with van der Waals surface area (Å²) in [5, 5.41) is 7.81. The fourth-order valence-corrected chi connectivity index (χ4v) is 2.18. The summed E-state index contributed by atoms with van der Waals surface area (Å²) in [5.74, 6) is 1.05. The minimum Gasteiger partial charge on any atom is -0.337 e. The van der Waals surface area contributed by atoms with Gasteiger partial charge in [-0.15, -0.1) is 0 Å². The molecule has 2 heterocycles. The molecule has 0 aromatic carbocycles. The standard InChI is InChI=1S/C13H21N5/c1-5-10-8-11(18(4)16-10)9-12(14-2)13-15-6-7-17(13)3/h6-8,12,14H,5,9H2,1-4H3. The molecule has 2 aromatic rings. The maximum Gasteiger partial charge on any atom is 0.125 e. The highest BCUT2D eigenvalue weighted by molar-refractivity contribution is 5.13. The molecule has 0 aliphatic rings. The molecule has 5 nitrogen and oxygen atoms in total. The van der Waals surface area contributed by atoms with Crippen LogP contribution in [0.1, 0.15) is 30.2 Å². The highest BCUT2D eigenvalue weighted by Gasteiger charge is 2.16. The van der Waals surface area contributed by atoms with Crippen LogP contribution in [0.15, 0.2) is 18.5 Å². The molecule has 1 atom stereocenters. The van der Waals surface area contributed by atoms with Crippen LogP contribution in [0.3, 0.4) is 0 Å². The summed E-state index contributed by atoms with van der Waals surface area (Å²) in [6, 6.07) is 2.39. The molecule has 2 aromatic heterocycles. The lowest BCUT2D eigenvalue weighted by Crippen LogP contribution is -2.23. The lowest BCUT2D eigenvalue weighted by molar-refractivity contribution is 0.518. The number of likely N-dealkylation sites (N-methyl/N-ethyl adjacent to an activating group) is 1. The molecular weight excluding hydrogens is 226 g/mol. The van der Waals surface area contributed by atoms with Crippen molar-refractivity contribution in [1.82, 2.24) is 24.6 Å². The van der Waals surface area contributed by atoms with E-state index in [4.69, 9.17) is 0 Å². The molecule has 0 aliphatic carbocycles. The van der Waals surface area contributed by atoms with E-state index < -0.39 is 0 Å². The summed E-state index contributed by atoms with van der Waals surface area (Å²) in [7, 11) is 5.99. The molecule has 0 fully saturated rings. The minimum absolute atomic E-state index is 0.213. The average Bonchev–Trinajstić information content (AvgIpc) is 2.93. The minimum atomic E-state index is 0.213. The molecule has 98 valence electrons. The molecular formula is C13H21N5.